The molecule has 2 aromatic carbocycles. The van der Waals surface area contributed by atoms with Crippen LogP contribution in [0.2, 0.25) is 5.15 Å². The molecule has 4 rings (SSSR count). The molecule has 0 aliphatic carbocycles. The van der Waals surface area contributed by atoms with E-state index in [0.29, 0.717) is 28.0 Å². The van der Waals surface area contributed by atoms with Crippen molar-refractivity contribution < 1.29 is 14.4 Å². The van der Waals surface area contributed by atoms with Crippen LogP contribution < -0.4 is 16.2 Å². The lowest BCUT2D eigenvalue weighted by Crippen LogP contribution is -2.22. The van der Waals surface area contributed by atoms with Gasteiger partial charge in [0.1, 0.15) is 16.5 Å². The maximum absolute atomic E-state index is 13.2. The average Bonchev–Trinajstić information content (AvgIpc) is 2.82. The monoisotopic (exact) mass is 463 g/mol. The van der Waals surface area contributed by atoms with E-state index in [2.05, 4.69) is 10.3 Å². The molecular weight excluding hydrogens is 442 g/mol. The highest BCUT2D eigenvalue weighted by Crippen LogP contribution is 2.32. The number of pyridine rings is 1. The Bertz CT molecular complexity index is 1420. The Hall–Kier alpha value is -3.68. The third kappa shape index (κ3) is 4.33. The first-order chi connectivity index (χ1) is 15.8. The minimum Gasteiger partial charge on any atom is -0.455 e. The molecular formula is C25H22ClN3O4. The minimum atomic E-state index is -0.796. The highest BCUT2D eigenvalue weighted by molar-refractivity contribution is 6.29. The van der Waals surface area contributed by atoms with Crippen LogP contribution in [0.5, 0.6) is 0 Å². The minimum absolute atomic E-state index is 0.0592. The molecule has 3 N–H and O–H groups in total. The summed E-state index contributed by atoms with van der Waals surface area (Å²) in [5, 5.41) is 12.9. The summed E-state index contributed by atoms with van der Waals surface area (Å²) < 4.78 is 6.33. The molecule has 2 heterocycles. The van der Waals surface area contributed by atoms with Gasteiger partial charge in [0, 0.05) is 16.7 Å². The first kappa shape index (κ1) is 22.5. The van der Waals surface area contributed by atoms with E-state index in [1.54, 1.807) is 18.5 Å². The molecule has 0 bridgehead atoms. The van der Waals surface area contributed by atoms with Gasteiger partial charge in [-0.1, -0.05) is 48.0 Å². The number of aryl methyl sites for hydroxylation is 1. The Morgan fingerprint density at radius 2 is 1.85 bits per heavy atom. The van der Waals surface area contributed by atoms with Gasteiger partial charge in [0.2, 0.25) is 0 Å². The first-order valence-corrected chi connectivity index (χ1v) is 10.7. The van der Waals surface area contributed by atoms with Crippen molar-refractivity contribution >= 4 is 34.2 Å². The summed E-state index contributed by atoms with van der Waals surface area (Å²) in [6, 6.07) is 16.0. The smallest absolute Gasteiger partial charge is 0.295 e. The molecule has 0 saturated carbocycles. The summed E-state index contributed by atoms with van der Waals surface area (Å²) in [6.45, 7) is 5.55. The number of aromatic nitrogens is 1. The highest BCUT2D eigenvalue weighted by atomic mass is 35.5. The van der Waals surface area contributed by atoms with Crippen molar-refractivity contribution in [3.8, 4) is 11.3 Å². The van der Waals surface area contributed by atoms with E-state index in [1.165, 1.54) is 6.07 Å². The predicted molar refractivity (Wildman–Crippen MR) is 128 cm³/mol. The van der Waals surface area contributed by atoms with Crippen molar-refractivity contribution in [1.82, 2.24) is 10.5 Å². The van der Waals surface area contributed by atoms with Crippen LogP contribution in [0.4, 0.5) is 5.69 Å². The van der Waals surface area contributed by atoms with Crippen molar-refractivity contribution in [1.29, 1.82) is 0 Å². The standard InChI is InChI=1S/C25H22ClN3O4/c1-13-11-17(15(3)27-19-9-10-20(26)28-21(19)25(31)29-32)24-18(12-13)22(30)14(2)23(33-24)16-7-5-4-6-8-16/h4-12,15,27,32H,1-3H3,(H,29,31). The summed E-state index contributed by atoms with van der Waals surface area (Å²) in [5.41, 5.74) is 5.24. The summed E-state index contributed by atoms with van der Waals surface area (Å²) in [6.07, 6.45) is 0. The molecule has 0 spiro atoms. The van der Waals surface area contributed by atoms with Gasteiger partial charge >= 0.3 is 0 Å². The molecule has 8 heteroatoms. The molecule has 168 valence electrons. The second kappa shape index (κ2) is 9.05. The van der Waals surface area contributed by atoms with Crippen LogP contribution in [0.3, 0.4) is 0 Å². The number of hydrogen-bond acceptors (Lipinski definition) is 6. The summed E-state index contributed by atoms with van der Waals surface area (Å²) in [5.74, 6) is -0.284. The van der Waals surface area contributed by atoms with Gasteiger partial charge in [-0.15, -0.1) is 0 Å². The zero-order chi connectivity index (χ0) is 23.7. The van der Waals surface area contributed by atoms with E-state index in [4.69, 9.17) is 21.2 Å². The van der Waals surface area contributed by atoms with E-state index in [0.717, 1.165) is 16.7 Å². The Morgan fingerprint density at radius 1 is 1.12 bits per heavy atom. The number of anilines is 1. The third-order valence-corrected chi connectivity index (χ3v) is 5.65. The lowest BCUT2D eigenvalue weighted by molar-refractivity contribution is 0.0701. The molecule has 0 aliphatic heterocycles. The maximum atomic E-state index is 13.2. The van der Waals surface area contributed by atoms with Crippen LogP contribution in [0, 0.1) is 13.8 Å². The zero-order valence-corrected chi connectivity index (χ0v) is 19.0. The van der Waals surface area contributed by atoms with Crippen LogP contribution in [0.1, 0.15) is 40.1 Å². The fourth-order valence-corrected chi connectivity index (χ4v) is 3.99. The molecule has 0 aliphatic rings. The van der Waals surface area contributed by atoms with Gasteiger partial charge in [0.15, 0.2) is 11.1 Å². The van der Waals surface area contributed by atoms with Crippen LogP contribution in [-0.4, -0.2) is 16.1 Å². The number of hydrogen-bond donors (Lipinski definition) is 3. The zero-order valence-electron chi connectivity index (χ0n) is 18.3. The Labute approximate surface area is 195 Å². The van der Waals surface area contributed by atoms with Crippen molar-refractivity contribution in [2.75, 3.05) is 5.32 Å². The van der Waals surface area contributed by atoms with Crippen LogP contribution >= 0.6 is 11.6 Å². The number of halogens is 1. The topological polar surface area (TPSA) is 104 Å². The fourth-order valence-electron chi connectivity index (χ4n) is 3.84. The van der Waals surface area contributed by atoms with E-state index in [1.807, 2.05) is 56.3 Å². The Kier molecular flexibility index (Phi) is 6.18. The van der Waals surface area contributed by atoms with Gasteiger partial charge in [0.25, 0.3) is 5.91 Å². The van der Waals surface area contributed by atoms with Crippen LogP contribution in [-0.2, 0) is 0 Å². The van der Waals surface area contributed by atoms with E-state index in [-0.39, 0.29) is 22.3 Å². The van der Waals surface area contributed by atoms with Crippen molar-refractivity contribution in [2.24, 2.45) is 0 Å². The van der Waals surface area contributed by atoms with Crippen molar-refractivity contribution in [2.45, 2.75) is 26.8 Å². The predicted octanol–water partition coefficient (Wildman–Crippen LogP) is 5.42. The number of carbonyl (C=O) groups excluding carboxylic acids is 1. The lowest BCUT2D eigenvalue weighted by Gasteiger charge is -2.20. The number of amides is 1. The second-order valence-electron chi connectivity index (χ2n) is 7.82. The molecule has 2 aromatic heterocycles. The number of fused-ring (bicyclic) bond motifs is 1. The number of benzene rings is 2. The maximum Gasteiger partial charge on any atom is 0.295 e. The quantitative estimate of drug-likeness (QED) is 0.207. The second-order valence-corrected chi connectivity index (χ2v) is 8.21. The Balaban J connectivity index is 1.87. The van der Waals surface area contributed by atoms with Gasteiger partial charge in [-0.25, -0.2) is 10.5 Å². The fraction of sp³-hybridized carbons (Fsp3) is 0.160. The summed E-state index contributed by atoms with van der Waals surface area (Å²) >= 11 is 5.93. The molecule has 7 nitrogen and oxygen atoms in total. The first-order valence-electron chi connectivity index (χ1n) is 10.3. The molecule has 1 unspecified atom stereocenters. The van der Waals surface area contributed by atoms with Gasteiger partial charge in [-0.05, 0) is 44.5 Å². The number of rotatable bonds is 5. The largest absolute Gasteiger partial charge is 0.455 e. The average molecular weight is 464 g/mol. The van der Waals surface area contributed by atoms with E-state index >= 15 is 0 Å². The summed E-state index contributed by atoms with van der Waals surface area (Å²) in [7, 11) is 0. The van der Waals surface area contributed by atoms with Gasteiger partial charge < -0.3 is 9.73 Å². The van der Waals surface area contributed by atoms with Gasteiger partial charge in [0.05, 0.1) is 17.1 Å². The van der Waals surface area contributed by atoms with Crippen LogP contribution in [0.15, 0.2) is 63.8 Å². The molecule has 33 heavy (non-hydrogen) atoms. The molecule has 1 atom stereocenters. The summed E-state index contributed by atoms with van der Waals surface area (Å²) in [4.78, 5) is 29.3. The third-order valence-electron chi connectivity index (χ3n) is 5.44. The number of hydroxylamine groups is 1. The molecule has 0 fully saturated rings. The SMILES string of the molecule is Cc1cc(C(C)Nc2ccc(Cl)nc2C(=O)NO)c2oc(-c3ccccc3)c(C)c(=O)c2c1. The molecule has 1 amide bonds. The normalized spacial score (nSPS) is 11.9. The number of nitrogens with one attached hydrogen (secondary N) is 2. The molecule has 0 saturated heterocycles. The highest BCUT2D eigenvalue weighted by Gasteiger charge is 2.21. The molecule has 0 radical (unpaired) electrons. The van der Waals surface area contributed by atoms with Gasteiger partial charge in [-0.3, -0.25) is 14.8 Å². The molecule has 4 aromatic rings. The number of carbonyl (C=O) groups is 1. The van der Waals surface area contributed by atoms with Crippen molar-refractivity contribution in [3.63, 3.8) is 0 Å². The van der Waals surface area contributed by atoms with Crippen molar-refractivity contribution in [3.05, 3.63) is 92.4 Å². The Morgan fingerprint density at radius 3 is 2.55 bits per heavy atom. The van der Waals surface area contributed by atoms with E-state index in [9.17, 15) is 9.59 Å². The van der Waals surface area contributed by atoms with Gasteiger partial charge in [-0.2, -0.15) is 0 Å². The van der Waals surface area contributed by atoms with E-state index < -0.39 is 5.91 Å². The lowest BCUT2D eigenvalue weighted by atomic mass is 9.98. The number of nitrogens with zero attached hydrogens (tertiary/aromatic N) is 1. The van der Waals surface area contributed by atoms with Crippen LogP contribution in [0.25, 0.3) is 22.3 Å².